The van der Waals surface area contributed by atoms with Crippen LogP contribution in [0.4, 0.5) is 5.69 Å². The molecule has 108 valence electrons. The van der Waals surface area contributed by atoms with Gasteiger partial charge >= 0.3 is 5.97 Å². The largest absolute Gasteiger partial charge is 0.481 e. The van der Waals surface area contributed by atoms with E-state index in [0.29, 0.717) is 0 Å². The maximum atomic E-state index is 10.5. The fourth-order valence-electron chi connectivity index (χ4n) is 2.79. The molecule has 0 fully saturated rings. The number of nitrogens with zero attached hydrogens (tertiary/aromatic N) is 1. The normalized spacial score (nSPS) is 20.6. The molecule has 1 unspecified atom stereocenters. The molecule has 4 heteroatoms. The third-order valence-electron chi connectivity index (χ3n) is 4.21. The van der Waals surface area contributed by atoms with Gasteiger partial charge in [0, 0.05) is 21.1 Å². The fraction of sp³-hybridized carbons (Fsp3) is 0.500. The predicted octanol–water partition coefficient (Wildman–Crippen LogP) is 4.69. The Balaban J connectivity index is 2.02. The van der Waals surface area contributed by atoms with Gasteiger partial charge in [0.05, 0.1) is 5.69 Å². The van der Waals surface area contributed by atoms with Gasteiger partial charge in [-0.2, -0.15) is 0 Å². The van der Waals surface area contributed by atoms with Crippen molar-refractivity contribution in [2.75, 3.05) is 0 Å². The number of carbonyl (C=O) groups is 1. The number of hydrogen-bond donors (Lipinski definition) is 1. The third-order valence-corrected chi connectivity index (χ3v) is 4.88. The third kappa shape index (κ3) is 3.22. The SMILES string of the molecule is CC1=Nc2ccc(I)cc2C1(C)CCCCCC(=O)O. The van der Waals surface area contributed by atoms with E-state index in [1.54, 1.807) is 0 Å². The number of aliphatic imine (C=N–C) groups is 1. The molecule has 1 aromatic rings. The zero-order valence-electron chi connectivity index (χ0n) is 11.9. The molecule has 0 bridgehead atoms. The van der Waals surface area contributed by atoms with E-state index >= 15 is 0 Å². The van der Waals surface area contributed by atoms with E-state index in [4.69, 9.17) is 10.1 Å². The highest BCUT2D eigenvalue weighted by Crippen LogP contribution is 2.43. The number of benzene rings is 1. The number of unbranched alkanes of at least 4 members (excludes halogenated alkanes) is 2. The van der Waals surface area contributed by atoms with Gasteiger partial charge in [0.25, 0.3) is 0 Å². The first-order chi connectivity index (χ1) is 9.43. The van der Waals surface area contributed by atoms with Gasteiger partial charge in [0.1, 0.15) is 0 Å². The molecule has 1 aromatic carbocycles. The molecule has 3 nitrogen and oxygen atoms in total. The van der Waals surface area contributed by atoms with Crippen molar-refractivity contribution in [2.24, 2.45) is 4.99 Å². The molecule has 0 saturated heterocycles. The summed E-state index contributed by atoms with van der Waals surface area (Å²) in [5.41, 5.74) is 3.60. The van der Waals surface area contributed by atoms with Crippen LogP contribution >= 0.6 is 22.6 Å². The van der Waals surface area contributed by atoms with E-state index in [-0.39, 0.29) is 11.8 Å². The average Bonchev–Trinajstić information content (AvgIpc) is 2.62. The van der Waals surface area contributed by atoms with Gasteiger partial charge in [-0.15, -0.1) is 0 Å². The van der Waals surface area contributed by atoms with E-state index in [1.165, 1.54) is 14.8 Å². The van der Waals surface area contributed by atoms with Crippen molar-refractivity contribution >= 4 is 40.0 Å². The predicted molar refractivity (Wildman–Crippen MR) is 90.0 cm³/mol. The minimum atomic E-state index is -0.699. The summed E-state index contributed by atoms with van der Waals surface area (Å²) < 4.78 is 1.24. The van der Waals surface area contributed by atoms with E-state index < -0.39 is 5.97 Å². The molecule has 0 amide bonds. The zero-order valence-corrected chi connectivity index (χ0v) is 14.1. The van der Waals surface area contributed by atoms with Crippen LogP contribution in [0.3, 0.4) is 0 Å². The zero-order chi connectivity index (χ0) is 14.8. The lowest BCUT2D eigenvalue weighted by Crippen LogP contribution is -2.27. The van der Waals surface area contributed by atoms with Crippen molar-refractivity contribution in [1.29, 1.82) is 0 Å². The second kappa shape index (κ2) is 6.24. The Hall–Kier alpha value is -0.910. The lowest BCUT2D eigenvalue weighted by atomic mass is 9.76. The van der Waals surface area contributed by atoms with Crippen LogP contribution in [0, 0.1) is 3.57 Å². The van der Waals surface area contributed by atoms with Crippen LogP contribution < -0.4 is 0 Å². The van der Waals surface area contributed by atoms with Gasteiger partial charge in [0.15, 0.2) is 0 Å². The van der Waals surface area contributed by atoms with Gasteiger partial charge in [-0.05, 0) is 66.1 Å². The van der Waals surface area contributed by atoms with Gasteiger partial charge < -0.3 is 5.11 Å². The summed E-state index contributed by atoms with van der Waals surface area (Å²) >= 11 is 2.34. The summed E-state index contributed by atoms with van der Waals surface area (Å²) in [5.74, 6) is -0.699. The molecule has 1 heterocycles. The minimum Gasteiger partial charge on any atom is -0.481 e. The standard InChI is InChI=1S/C16H20INO2/c1-11-16(2,9-5-3-4-6-15(19)20)13-10-12(17)7-8-14(13)18-11/h7-8,10H,3-6,9H2,1-2H3,(H,19,20). The van der Waals surface area contributed by atoms with Gasteiger partial charge in [-0.25, -0.2) is 0 Å². The van der Waals surface area contributed by atoms with Gasteiger partial charge in [0.2, 0.25) is 0 Å². The van der Waals surface area contributed by atoms with Crippen LogP contribution in [-0.4, -0.2) is 16.8 Å². The Labute approximate surface area is 133 Å². The number of rotatable bonds is 6. The van der Waals surface area contributed by atoms with E-state index in [2.05, 4.69) is 54.6 Å². The highest BCUT2D eigenvalue weighted by molar-refractivity contribution is 14.1. The summed E-state index contributed by atoms with van der Waals surface area (Å²) in [6, 6.07) is 6.41. The number of carboxylic acid groups (broad SMARTS) is 1. The Morgan fingerprint density at radius 1 is 1.35 bits per heavy atom. The summed E-state index contributed by atoms with van der Waals surface area (Å²) in [5, 5.41) is 8.66. The van der Waals surface area contributed by atoms with Crippen LogP contribution in [0.2, 0.25) is 0 Å². The van der Waals surface area contributed by atoms with Crippen LogP contribution in [0.25, 0.3) is 0 Å². The van der Waals surface area contributed by atoms with E-state index in [9.17, 15) is 4.79 Å². The number of carboxylic acids is 1. The average molecular weight is 385 g/mol. The fourth-order valence-corrected chi connectivity index (χ4v) is 3.28. The van der Waals surface area contributed by atoms with Crippen molar-refractivity contribution in [3.05, 3.63) is 27.3 Å². The van der Waals surface area contributed by atoms with Crippen molar-refractivity contribution in [1.82, 2.24) is 0 Å². The Bertz CT molecular complexity index is 553. The molecular formula is C16H20INO2. The molecular weight excluding hydrogens is 365 g/mol. The second-order valence-electron chi connectivity index (χ2n) is 5.65. The van der Waals surface area contributed by atoms with Crippen LogP contribution in [0.1, 0.15) is 51.5 Å². The molecule has 1 atom stereocenters. The highest BCUT2D eigenvalue weighted by atomic mass is 127. The molecule has 1 aliphatic heterocycles. The van der Waals surface area contributed by atoms with Crippen LogP contribution in [0.15, 0.2) is 23.2 Å². The summed E-state index contributed by atoms with van der Waals surface area (Å²) in [6.45, 7) is 4.36. The summed E-state index contributed by atoms with van der Waals surface area (Å²) in [6.07, 6.45) is 4.09. The topological polar surface area (TPSA) is 49.7 Å². The molecule has 2 rings (SSSR count). The monoisotopic (exact) mass is 385 g/mol. The Morgan fingerprint density at radius 2 is 2.10 bits per heavy atom. The Kier molecular flexibility index (Phi) is 4.83. The quantitative estimate of drug-likeness (QED) is 0.571. The molecule has 0 spiro atoms. The first-order valence-corrected chi connectivity index (χ1v) is 8.09. The molecule has 0 saturated carbocycles. The smallest absolute Gasteiger partial charge is 0.303 e. The van der Waals surface area contributed by atoms with Crippen molar-refractivity contribution in [2.45, 2.75) is 51.4 Å². The first-order valence-electron chi connectivity index (χ1n) is 7.01. The first kappa shape index (κ1) is 15.5. The second-order valence-corrected chi connectivity index (χ2v) is 6.89. The van der Waals surface area contributed by atoms with Crippen molar-refractivity contribution in [3.63, 3.8) is 0 Å². The molecule has 1 N–H and O–H groups in total. The minimum absolute atomic E-state index is 0.0136. The van der Waals surface area contributed by atoms with Gasteiger partial charge in [-0.1, -0.05) is 19.8 Å². The number of hydrogen-bond acceptors (Lipinski definition) is 2. The van der Waals surface area contributed by atoms with Crippen molar-refractivity contribution in [3.8, 4) is 0 Å². The maximum absolute atomic E-state index is 10.5. The molecule has 0 aliphatic carbocycles. The summed E-state index contributed by atoms with van der Waals surface area (Å²) in [7, 11) is 0. The number of aliphatic carboxylic acids is 1. The maximum Gasteiger partial charge on any atom is 0.303 e. The van der Waals surface area contributed by atoms with E-state index in [0.717, 1.165) is 31.4 Å². The lowest BCUT2D eigenvalue weighted by molar-refractivity contribution is -0.137. The molecule has 1 aliphatic rings. The molecule has 20 heavy (non-hydrogen) atoms. The van der Waals surface area contributed by atoms with E-state index in [1.807, 2.05) is 0 Å². The summed E-state index contributed by atoms with van der Waals surface area (Å²) in [4.78, 5) is 15.2. The number of halogens is 1. The highest BCUT2D eigenvalue weighted by Gasteiger charge is 2.36. The van der Waals surface area contributed by atoms with Crippen LogP contribution in [0.5, 0.6) is 0 Å². The van der Waals surface area contributed by atoms with Gasteiger partial charge in [-0.3, -0.25) is 9.79 Å². The molecule has 0 aromatic heterocycles. The van der Waals surface area contributed by atoms with Crippen LogP contribution in [-0.2, 0) is 10.2 Å². The number of fused-ring (bicyclic) bond motifs is 1. The van der Waals surface area contributed by atoms with Crippen molar-refractivity contribution < 1.29 is 9.90 Å². The Morgan fingerprint density at radius 3 is 2.80 bits per heavy atom. The molecule has 0 radical (unpaired) electrons. The lowest BCUT2D eigenvalue weighted by Gasteiger charge is -2.26.